The van der Waals surface area contributed by atoms with Gasteiger partial charge in [-0.15, -0.1) is 5.10 Å². The number of nitro groups is 1. The minimum atomic E-state index is -0.732. The highest BCUT2D eigenvalue weighted by atomic mass is 16.6. The number of benzene rings is 3. The number of nitrogens with zero attached hydrogens (tertiary/aromatic N) is 3. The third kappa shape index (κ3) is 7.24. The van der Waals surface area contributed by atoms with Crippen molar-refractivity contribution in [3.8, 4) is 22.9 Å². The van der Waals surface area contributed by atoms with E-state index in [0.717, 1.165) is 18.4 Å². The molecule has 0 saturated carbocycles. The van der Waals surface area contributed by atoms with Crippen LogP contribution in [0.4, 0.5) is 11.4 Å². The number of aryl methyl sites for hydroxylation is 1. The van der Waals surface area contributed by atoms with E-state index in [0.29, 0.717) is 40.3 Å². The van der Waals surface area contributed by atoms with E-state index in [1.54, 1.807) is 31.2 Å². The van der Waals surface area contributed by atoms with Gasteiger partial charge in [-0.2, -0.15) is 14.9 Å². The third-order valence-corrected chi connectivity index (χ3v) is 9.62. The Morgan fingerprint density at radius 1 is 1.00 bits per heavy atom. The predicted octanol–water partition coefficient (Wildman–Crippen LogP) is 7.71. The van der Waals surface area contributed by atoms with Gasteiger partial charge in [-0.25, -0.2) is 0 Å². The molecule has 0 radical (unpaired) electrons. The van der Waals surface area contributed by atoms with Gasteiger partial charge in [0.1, 0.15) is 11.5 Å². The molecule has 5 rings (SSSR count). The highest BCUT2D eigenvalue weighted by Crippen LogP contribution is 2.39. The van der Waals surface area contributed by atoms with E-state index in [-0.39, 0.29) is 33.9 Å². The predicted molar refractivity (Wildman–Crippen MR) is 193 cm³/mol. The number of nitrogens with one attached hydrogen (secondary N) is 3. The summed E-state index contributed by atoms with van der Waals surface area (Å²) in [6.07, 6.45) is 1.64. The van der Waals surface area contributed by atoms with Crippen LogP contribution >= 0.6 is 0 Å². The minimum absolute atomic E-state index is 0.0118. The molecule has 3 N–H and O–H groups in total. The summed E-state index contributed by atoms with van der Waals surface area (Å²) in [5, 5.41) is 24.5. The zero-order chi connectivity index (χ0) is 36.4. The number of carbonyl (C=O) groups excluding carboxylic acids is 1. The Morgan fingerprint density at radius 2 is 1.66 bits per heavy atom. The molecule has 2 heterocycles. The van der Waals surface area contributed by atoms with Crippen LogP contribution in [0.2, 0.25) is 0 Å². The zero-order valence-corrected chi connectivity index (χ0v) is 29.8. The lowest BCUT2D eigenvalue weighted by Gasteiger charge is -2.31. The van der Waals surface area contributed by atoms with Crippen molar-refractivity contribution in [2.24, 2.45) is 0 Å². The van der Waals surface area contributed by atoms with Crippen LogP contribution in [0, 0.1) is 17.0 Å². The van der Waals surface area contributed by atoms with E-state index in [2.05, 4.69) is 74.3 Å². The first-order chi connectivity index (χ1) is 23.7. The van der Waals surface area contributed by atoms with Crippen LogP contribution in [0.3, 0.4) is 0 Å². The Labute approximate surface area is 291 Å². The number of aromatic amines is 2. The van der Waals surface area contributed by atoms with Gasteiger partial charge in [0.2, 0.25) is 11.4 Å². The van der Waals surface area contributed by atoms with E-state index >= 15 is 0 Å². The molecule has 0 aliphatic rings. The largest absolute Gasteiger partial charge is 0.480 e. The summed E-state index contributed by atoms with van der Waals surface area (Å²) >= 11 is 0. The number of amides is 1. The van der Waals surface area contributed by atoms with Crippen molar-refractivity contribution >= 4 is 28.3 Å². The van der Waals surface area contributed by atoms with E-state index in [4.69, 9.17) is 9.47 Å². The quantitative estimate of drug-likeness (QED) is 0.0952. The van der Waals surface area contributed by atoms with Crippen LogP contribution in [0.5, 0.6) is 17.2 Å². The Hall–Kier alpha value is -5.52. The van der Waals surface area contributed by atoms with Gasteiger partial charge in [0.15, 0.2) is 17.1 Å². The maximum atomic E-state index is 13.7. The average molecular weight is 682 g/mol. The maximum Gasteiger partial charge on any atom is 0.316 e. The minimum Gasteiger partial charge on any atom is -0.480 e. The molecule has 0 aliphatic heterocycles. The Bertz CT molecular complexity index is 2080. The Morgan fingerprint density at radius 3 is 2.26 bits per heavy atom. The first kappa shape index (κ1) is 35.8. The molecule has 12 heteroatoms. The van der Waals surface area contributed by atoms with Crippen molar-refractivity contribution in [2.75, 3.05) is 5.32 Å². The molecular weight excluding hydrogens is 636 g/mol. The SMILES string of the molecule is CCC(Oc1ccc(C(C)(C)CC)cc1C(C)(C)CC)C(=O)Nc1ccc(-n2nc3c(C)[nH+][nH]c3c(Oc3ccc([N+](=O)[O-])cc3)c2=O)cc1. The summed E-state index contributed by atoms with van der Waals surface area (Å²) in [6.45, 7) is 16.9. The topological polar surface area (TPSA) is 156 Å². The molecule has 1 unspecified atom stereocenters. The smallest absolute Gasteiger partial charge is 0.316 e. The van der Waals surface area contributed by atoms with Gasteiger partial charge >= 0.3 is 5.56 Å². The molecule has 3 aromatic carbocycles. The molecule has 2 aromatic heterocycles. The molecule has 0 fully saturated rings. The number of hydrogen-bond donors (Lipinski definition) is 2. The average Bonchev–Trinajstić information content (AvgIpc) is 3.48. The van der Waals surface area contributed by atoms with Gasteiger partial charge in [0.25, 0.3) is 11.6 Å². The fourth-order valence-corrected chi connectivity index (χ4v) is 5.48. The lowest BCUT2D eigenvalue weighted by molar-refractivity contribution is -0.454. The summed E-state index contributed by atoms with van der Waals surface area (Å²) in [5.41, 5.74) is 3.98. The number of anilines is 1. The number of aromatic nitrogens is 4. The first-order valence-corrected chi connectivity index (χ1v) is 16.9. The number of ether oxygens (including phenoxy) is 2. The summed E-state index contributed by atoms with van der Waals surface area (Å²) in [7, 11) is 0. The van der Waals surface area contributed by atoms with Crippen molar-refractivity contribution in [1.29, 1.82) is 0 Å². The number of rotatable bonds is 13. The van der Waals surface area contributed by atoms with Crippen LogP contribution in [0.1, 0.15) is 84.5 Å². The van der Waals surface area contributed by atoms with Gasteiger partial charge in [0, 0.05) is 30.3 Å². The molecule has 262 valence electrons. The second kappa shape index (κ2) is 14.1. The fourth-order valence-electron chi connectivity index (χ4n) is 5.48. The molecule has 0 saturated heterocycles. The van der Waals surface area contributed by atoms with E-state index < -0.39 is 16.6 Å². The molecule has 1 amide bonds. The highest BCUT2D eigenvalue weighted by molar-refractivity contribution is 5.94. The fraction of sp³-hybridized carbons (Fsp3) is 0.368. The summed E-state index contributed by atoms with van der Waals surface area (Å²) in [5.74, 6) is 0.628. The standard InChI is InChI=1S/C38H44N6O6/c1-9-30(50-31-21-12-24(37(5,6)10-2)22-29(31)38(7,8)11-3)35(45)39-25-13-15-26(16-14-25)43-36(46)34(33-32(42-43)23(4)40-41-33)49-28-19-17-27(18-20-28)44(47)48/h12-22,30,41H,9-11H2,1-8H3,(H,39,45)/p+1. The Balaban J connectivity index is 1.39. The molecule has 12 nitrogen and oxygen atoms in total. The van der Waals surface area contributed by atoms with Crippen molar-refractivity contribution in [3.63, 3.8) is 0 Å². The van der Waals surface area contributed by atoms with Crippen molar-refractivity contribution < 1.29 is 24.3 Å². The number of H-pyrrole nitrogens is 2. The number of nitro benzene ring substituents is 1. The highest BCUT2D eigenvalue weighted by Gasteiger charge is 2.29. The van der Waals surface area contributed by atoms with Crippen molar-refractivity contribution in [2.45, 2.75) is 91.6 Å². The summed E-state index contributed by atoms with van der Waals surface area (Å²) in [4.78, 5) is 37.8. The van der Waals surface area contributed by atoms with Crippen molar-refractivity contribution in [3.05, 3.63) is 104 Å². The molecule has 1 atom stereocenters. The lowest BCUT2D eigenvalue weighted by Crippen LogP contribution is -2.33. The van der Waals surface area contributed by atoms with E-state index in [1.165, 1.54) is 34.5 Å². The third-order valence-electron chi connectivity index (χ3n) is 9.62. The van der Waals surface area contributed by atoms with E-state index in [9.17, 15) is 19.7 Å². The monoisotopic (exact) mass is 681 g/mol. The lowest BCUT2D eigenvalue weighted by atomic mass is 9.76. The van der Waals surface area contributed by atoms with Crippen LogP contribution in [-0.2, 0) is 15.6 Å². The Kier molecular flexibility index (Phi) is 10.1. The van der Waals surface area contributed by atoms with Gasteiger partial charge < -0.3 is 14.8 Å². The van der Waals surface area contributed by atoms with Gasteiger partial charge in [0.05, 0.1) is 10.6 Å². The van der Waals surface area contributed by atoms with Crippen LogP contribution in [0.25, 0.3) is 16.7 Å². The number of fused-ring (bicyclic) bond motifs is 1. The molecule has 0 bridgehead atoms. The summed E-state index contributed by atoms with van der Waals surface area (Å²) < 4.78 is 13.6. The normalized spacial score (nSPS) is 12.5. The van der Waals surface area contributed by atoms with Crippen LogP contribution < -0.4 is 25.4 Å². The summed E-state index contributed by atoms with van der Waals surface area (Å²) in [6, 6.07) is 18.5. The molecule has 0 spiro atoms. The zero-order valence-electron chi connectivity index (χ0n) is 29.8. The molecular formula is C38H45N6O6+. The van der Waals surface area contributed by atoms with Gasteiger partial charge in [-0.05, 0) is 78.1 Å². The van der Waals surface area contributed by atoms with Crippen LogP contribution in [-0.4, -0.2) is 31.8 Å². The van der Waals surface area contributed by atoms with Crippen molar-refractivity contribution in [1.82, 2.24) is 14.9 Å². The first-order valence-electron chi connectivity index (χ1n) is 16.9. The second-order valence-corrected chi connectivity index (χ2v) is 13.7. The maximum absolute atomic E-state index is 13.7. The number of hydrogen-bond acceptors (Lipinski definition) is 7. The number of carbonyl (C=O) groups is 1. The van der Waals surface area contributed by atoms with Gasteiger partial charge in [-0.3, -0.25) is 19.7 Å². The van der Waals surface area contributed by atoms with E-state index in [1.807, 2.05) is 13.0 Å². The number of non-ortho nitro benzene ring substituents is 1. The van der Waals surface area contributed by atoms with Crippen LogP contribution in [0.15, 0.2) is 71.5 Å². The van der Waals surface area contributed by atoms with Gasteiger partial charge in [-0.1, -0.05) is 60.6 Å². The molecule has 0 aliphatic carbocycles. The molecule has 5 aromatic rings. The second-order valence-electron chi connectivity index (χ2n) is 13.7. The molecule has 50 heavy (non-hydrogen) atoms.